The molecule has 0 aromatic heterocycles. The molecule has 0 bridgehead atoms. The van der Waals surface area contributed by atoms with Crippen LogP contribution in [0.5, 0.6) is 5.75 Å². The lowest BCUT2D eigenvalue weighted by Crippen LogP contribution is -2.26. The molecule has 2 nitrogen and oxygen atoms in total. The van der Waals surface area contributed by atoms with Crippen LogP contribution >= 0.6 is 11.6 Å². The van der Waals surface area contributed by atoms with E-state index in [1.54, 1.807) is 13.0 Å². The number of ether oxygens (including phenoxy) is 1. The molecule has 1 aromatic carbocycles. The normalized spacial score (nSPS) is 19.7. The predicted molar refractivity (Wildman–Crippen MR) is 54.8 cm³/mol. The summed E-state index contributed by atoms with van der Waals surface area (Å²) in [6, 6.07) is 5.64. The molecule has 1 unspecified atom stereocenters. The first-order valence-electron chi connectivity index (χ1n) is 4.59. The van der Waals surface area contributed by atoms with Crippen molar-refractivity contribution in [1.82, 2.24) is 0 Å². The first-order chi connectivity index (χ1) is 6.68. The number of para-hydroxylation sites is 1. The molecule has 0 amide bonds. The van der Waals surface area contributed by atoms with Gasteiger partial charge in [-0.1, -0.05) is 23.7 Å². The van der Waals surface area contributed by atoms with Crippen molar-refractivity contribution in [2.45, 2.75) is 13.3 Å². The van der Waals surface area contributed by atoms with Crippen LogP contribution < -0.4 is 4.74 Å². The summed E-state index contributed by atoms with van der Waals surface area (Å²) in [6.45, 7) is 2.05. The van der Waals surface area contributed by atoms with Gasteiger partial charge >= 0.3 is 0 Å². The number of fused-ring (bicyclic) bond motifs is 1. The van der Waals surface area contributed by atoms with Gasteiger partial charge in [0.1, 0.15) is 11.5 Å². The quantitative estimate of drug-likeness (QED) is 0.712. The van der Waals surface area contributed by atoms with E-state index < -0.39 is 0 Å². The Bertz CT molecular complexity index is 374. The Kier molecular flexibility index (Phi) is 2.46. The Hall–Kier alpha value is -1.02. The standard InChI is InChI=1S/C11H11ClO2/c1-7(13)9-5-8-3-2-4-10(12)11(8)14-6-9/h2-4,9H,5-6H2,1H3. The van der Waals surface area contributed by atoms with Gasteiger partial charge in [-0.3, -0.25) is 4.79 Å². The second kappa shape index (κ2) is 3.62. The molecule has 2 rings (SSSR count). The van der Waals surface area contributed by atoms with E-state index in [0.717, 1.165) is 17.7 Å². The SMILES string of the molecule is CC(=O)C1COc2c(Cl)cccc2C1. The molecule has 0 saturated heterocycles. The van der Waals surface area contributed by atoms with E-state index in [4.69, 9.17) is 16.3 Å². The van der Waals surface area contributed by atoms with Gasteiger partial charge in [-0.15, -0.1) is 0 Å². The van der Waals surface area contributed by atoms with E-state index in [1.807, 2.05) is 12.1 Å². The summed E-state index contributed by atoms with van der Waals surface area (Å²) in [5, 5.41) is 0.629. The summed E-state index contributed by atoms with van der Waals surface area (Å²) in [5.41, 5.74) is 1.03. The number of hydrogen-bond donors (Lipinski definition) is 0. The van der Waals surface area contributed by atoms with Gasteiger partial charge in [0.15, 0.2) is 0 Å². The molecule has 3 heteroatoms. The van der Waals surface area contributed by atoms with Crippen LogP contribution in [-0.4, -0.2) is 12.4 Å². The van der Waals surface area contributed by atoms with Gasteiger partial charge in [-0.25, -0.2) is 0 Å². The zero-order valence-corrected chi connectivity index (χ0v) is 8.67. The minimum atomic E-state index is -0.0130. The molecular weight excluding hydrogens is 200 g/mol. The molecule has 1 aliphatic heterocycles. The lowest BCUT2D eigenvalue weighted by atomic mass is 9.94. The Balaban J connectivity index is 2.31. The number of benzene rings is 1. The molecule has 1 atom stereocenters. The van der Waals surface area contributed by atoms with Crippen LogP contribution in [-0.2, 0) is 11.2 Å². The van der Waals surface area contributed by atoms with Crippen LogP contribution in [0.3, 0.4) is 0 Å². The molecule has 0 fully saturated rings. The van der Waals surface area contributed by atoms with Crippen molar-refractivity contribution < 1.29 is 9.53 Å². The van der Waals surface area contributed by atoms with Crippen LogP contribution in [0.2, 0.25) is 5.02 Å². The highest BCUT2D eigenvalue weighted by atomic mass is 35.5. The molecule has 0 saturated carbocycles. The summed E-state index contributed by atoms with van der Waals surface area (Å²) < 4.78 is 5.48. The third kappa shape index (κ3) is 1.62. The zero-order valence-electron chi connectivity index (χ0n) is 7.92. The van der Waals surface area contributed by atoms with Crippen molar-refractivity contribution >= 4 is 17.4 Å². The van der Waals surface area contributed by atoms with Crippen molar-refractivity contribution in [1.29, 1.82) is 0 Å². The molecule has 1 heterocycles. The topological polar surface area (TPSA) is 26.3 Å². The van der Waals surface area contributed by atoms with Gasteiger partial charge in [0, 0.05) is 0 Å². The van der Waals surface area contributed by atoms with Crippen molar-refractivity contribution in [3.63, 3.8) is 0 Å². The third-order valence-corrected chi connectivity index (χ3v) is 2.82. The highest BCUT2D eigenvalue weighted by molar-refractivity contribution is 6.32. The monoisotopic (exact) mass is 210 g/mol. The molecule has 14 heavy (non-hydrogen) atoms. The number of carbonyl (C=O) groups excluding carboxylic acids is 1. The Labute approximate surface area is 87.8 Å². The average molecular weight is 211 g/mol. The Morgan fingerprint density at radius 1 is 1.57 bits per heavy atom. The van der Waals surface area contributed by atoms with Gasteiger partial charge in [0.2, 0.25) is 0 Å². The molecule has 74 valence electrons. The fraction of sp³-hybridized carbons (Fsp3) is 0.364. The smallest absolute Gasteiger partial charge is 0.141 e. The first kappa shape index (κ1) is 9.53. The summed E-state index contributed by atoms with van der Waals surface area (Å²) in [4.78, 5) is 11.2. The second-order valence-electron chi connectivity index (χ2n) is 3.55. The van der Waals surface area contributed by atoms with Gasteiger partial charge in [-0.2, -0.15) is 0 Å². The van der Waals surface area contributed by atoms with E-state index in [0.29, 0.717) is 11.6 Å². The molecule has 0 spiro atoms. The van der Waals surface area contributed by atoms with E-state index in [9.17, 15) is 4.79 Å². The highest BCUT2D eigenvalue weighted by Gasteiger charge is 2.24. The summed E-state index contributed by atoms with van der Waals surface area (Å²) in [7, 11) is 0. The van der Waals surface area contributed by atoms with Crippen molar-refractivity contribution in [3.8, 4) is 5.75 Å². The number of ketones is 1. The number of carbonyl (C=O) groups is 1. The van der Waals surface area contributed by atoms with Gasteiger partial charge < -0.3 is 4.74 Å². The van der Waals surface area contributed by atoms with Crippen LogP contribution in [0.1, 0.15) is 12.5 Å². The van der Waals surface area contributed by atoms with Crippen LogP contribution in [0, 0.1) is 5.92 Å². The maximum Gasteiger partial charge on any atom is 0.141 e. The van der Waals surface area contributed by atoms with Crippen molar-refractivity contribution in [2.75, 3.05) is 6.61 Å². The maximum atomic E-state index is 11.2. The van der Waals surface area contributed by atoms with Crippen LogP contribution in [0.15, 0.2) is 18.2 Å². The van der Waals surface area contributed by atoms with E-state index in [-0.39, 0.29) is 11.7 Å². The number of hydrogen-bond acceptors (Lipinski definition) is 2. The molecule has 1 aliphatic rings. The second-order valence-corrected chi connectivity index (χ2v) is 3.96. The Morgan fingerprint density at radius 2 is 2.36 bits per heavy atom. The lowest BCUT2D eigenvalue weighted by molar-refractivity contribution is -0.121. The minimum Gasteiger partial charge on any atom is -0.491 e. The lowest BCUT2D eigenvalue weighted by Gasteiger charge is -2.24. The van der Waals surface area contributed by atoms with Gasteiger partial charge in [0.25, 0.3) is 0 Å². The number of halogens is 1. The summed E-state index contributed by atoms with van der Waals surface area (Å²) >= 11 is 5.96. The van der Waals surface area contributed by atoms with Crippen molar-refractivity contribution in [3.05, 3.63) is 28.8 Å². The highest BCUT2D eigenvalue weighted by Crippen LogP contribution is 2.34. The summed E-state index contributed by atoms with van der Waals surface area (Å²) in [6.07, 6.45) is 0.741. The number of Topliss-reactive ketones (excluding diaryl/α,β-unsaturated/α-hetero) is 1. The summed E-state index contributed by atoms with van der Waals surface area (Å²) in [5.74, 6) is 0.906. The molecule has 1 aromatic rings. The van der Waals surface area contributed by atoms with E-state index in [1.165, 1.54) is 0 Å². The number of rotatable bonds is 1. The van der Waals surface area contributed by atoms with E-state index in [2.05, 4.69) is 0 Å². The molecule has 0 N–H and O–H groups in total. The largest absolute Gasteiger partial charge is 0.491 e. The Morgan fingerprint density at radius 3 is 3.07 bits per heavy atom. The third-order valence-electron chi connectivity index (χ3n) is 2.52. The minimum absolute atomic E-state index is 0.0130. The van der Waals surface area contributed by atoms with Crippen LogP contribution in [0.25, 0.3) is 0 Å². The van der Waals surface area contributed by atoms with E-state index >= 15 is 0 Å². The van der Waals surface area contributed by atoms with Gasteiger partial charge in [-0.05, 0) is 25.0 Å². The molecule has 0 radical (unpaired) electrons. The maximum absolute atomic E-state index is 11.2. The zero-order chi connectivity index (χ0) is 10.1. The predicted octanol–water partition coefficient (Wildman–Crippen LogP) is 2.48. The average Bonchev–Trinajstić information content (AvgIpc) is 2.17. The fourth-order valence-electron chi connectivity index (χ4n) is 1.65. The van der Waals surface area contributed by atoms with Crippen LogP contribution in [0.4, 0.5) is 0 Å². The molecule has 0 aliphatic carbocycles. The van der Waals surface area contributed by atoms with Gasteiger partial charge in [0.05, 0.1) is 17.5 Å². The first-order valence-corrected chi connectivity index (χ1v) is 4.97. The van der Waals surface area contributed by atoms with Crippen molar-refractivity contribution in [2.24, 2.45) is 5.92 Å². The fourth-order valence-corrected chi connectivity index (χ4v) is 1.89. The molecular formula is C11H11ClO2.